The molecule has 1 saturated heterocycles. The van der Waals surface area contributed by atoms with Crippen LogP contribution in [0, 0.1) is 17.6 Å². The standard InChI is InChI=1S/C23H23Cl2F2N3O2/c1-29(2)28-21(31)7-3-14-10-18(24)23(19(25)11-14)30-13-15(4-8-22(30)32)9-16-5-6-17(26)12-20(16)27/h3,5-7,10-12,15H,4,8-9,13H2,1-2H3,(H,28,31)/b7-3+. The van der Waals surface area contributed by atoms with Gasteiger partial charge in [0.1, 0.15) is 11.6 Å². The number of rotatable bonds is 6. The Labute approximate surface area is 195 Å². The smallest absolute Gasteiger partial charge is 0.258 e. The van der Waals surface area contributed by atoms with Gasteiger partial charge in [0, 0.05) is 39.2 Å². The minimum Gasteiger partial charge on any atom is -0.309 e. The van der Waals surface area contributed by atoms with Crippen molar-refractivity contribution in [3.05, 3.63) is 69.2 Å². The Balaban J connectivity index is 1.78. The molecule has 1 aliphatic rings. The number of piperidine rings is 1. The van der Waals surface area contributed by atoms with E-state index in [9.17, 15) is 18.4 Å². The van der Waals surface area contributed by atoms with E-state index in [-0.39, 0.29) is 34.2 Å². The number of carbonyl (C=O) groups is 2. The fraction of sp³-hybridized carbons (Fsp3) is 0.304. The number of amides is 2. The first-order valence-electron chi connectivity index (χ1n) is 10.0. The van der Waals surface area contributed by atoms with Crippen molar-refractivity contribution in [2.45, 2.75) is 19.3 Å². The number of halogens is 4. The topological polar surface area (TPSA) is 52.7 Å². The van der Waals surface area contributed by atoms with Crippen LogP contribution >= 0.6 is 23.2 Å². The zero-order valence-corrected chi connectivity index (χ0v) is 19.2. The highest BCUT2D eigenvalue weighted by Gasteiger charge is 2.30. The summed E-state index contributed by atoms with van der Waals surface area (Å²) in [6.45, 7) is 0.315. The second-order valence-electron chi connectivity index (χ2n) is 7.89. The lowest BCUT2D eigenvalue weighted by Gasteiger charge is -2.34. The Morgan fingerprint density at radius 2 is 1.91 bits per heavy atom. The third-order valence-corrected chi connectivity index (χ3v) is 5.68. The molecule has 1 N–H and O–H groups in total. The quantitative estimate of drug-likeness (QED) is 0.473. The Morgan fingerprint density at radius 1 is 1.22 bits per heavy atom. The van der Waals surface area contributed by atoms with Gasteiger partial charge in [0.2, 0.25) is 5.91 Å². The maximum absolute atomic E-state index is 14.1. The summed E-state index contributed by atoms with van der Waals surface area (Å²) in [5, 5.41) is 2.06. The van der Waals surface area contributed by atoms with Crippen molar-refractivity contribution in [2.24, 2.45) is 5.92 Å². The van der Waals surface area contributed by atoms with Crippen molar-refractivity contribution >= 4 is 46.8 Å². The highest BCUT2D eigenvalue weighted by molar-refractivity contribution is 6.40. The summed E-state index contributed by atoms with van der Waals surface area (Å²) >= 11 is 12.9. The van der Waals surface area contributed by atoms with Gasteiger partial charge >= 0.3 is 0 Å². The van der Waals surface area contributed by atoms with Crippen molar-refractivity contribution in [2.75, 3.05) is 25.5 Å². The first kappa shape index (κ1) is 24.2. The number of carbonyl (C=O) groups excluding carboxylic acids is 2. The van der Waals surface area contributed by atoms with Crippen molar-refractivity contribution in [1.82, 2.24) is 10.4 Å². The molecular formula is C23H23Cl2F2N3O2. The van der Waals surface area contributed by atoms with Gasteiger partial charge in [0.05, 0.1) is 15.7 Å². The van der Waals surface area contributed by atoms with E-state index in [2.05, 4.69) is 5.43 Å². The predicted molar refractivity (Wildman–Crippen MR) is 122 cm³/mol. The summed E-state index contributed by atoms with van der Waals surface area (Å²) in [5.41, 5.74) is 3.98. The summed E-state index contributed by atoms with van der Waals surface area (Å²) in [6.07, 6.45) is 4.14. The number of hydrogen-bond donors (Lipinski definition) is 1. The van der Waals surface area contributed by atoms with Gasteiger partial charge in [-0.3, -0.25) is 15.0 Å². The van der Waals surface area contributed by atoms with Gasteiger partial charge in [-0.1, -0.05) is 29.3 Å². The number of hydrazine groups is 1. The fourth-order valence-corrected chi connectivity index (χ4v) is 4.37. The van der Waals surface area contributed by atoms with Gasteiger partial charge in [-0.05, 0) is 54.2 Å². The van der Waals surface area contributed by atoms with Crippen molar-refractivity contribution < 1.29 is 18.4 Å². The summed E-state index contributed by atoms with van der Waals surface area (Å²) in [6, 6.07) is 6.76. The Kier molecular flexibility index (Phi) is 7.87. The molecule has 1 heterocycles. The molecule has 170 valence electrons. The molecule has 0 aliphatic carbocycles. The lowest BCUT2D eigenvalue weighted by Crippen LogP contribution is -2.41. The Hall–Kier alpha value is -2.48. The summed E-state index contributed by atoms with van der Waals surface area (Å²) in [7, 11) is 3.39. The number of anilines is 1. The molecule has 3 rings (SSSR count). The number of nitrogens with one attached hydrogen (secondary N) is 1. The molecule has 32 heavy (non-hydrogen) atoms. The largest absolute Gasteiger partial charge is 0.309 e. The maximum Gasteiger partial charge on any atom is 0.258 e. The summed E-state index contributed by atoms with van der Waals surface area (Å²) in [4.78, 5) is 25.9. The van der Waals surface area contributed by atoms with Crippen LogP contribution in [0.1, 0.15) is 24.0 Å². The molecule has 1 atom stereocenters. The maximum atomic E-state index is 14.1. The molecule has 2 amide bonds. The number of nitrogens with zero attached hydrogens (tertiary/aromatic N) is 2. The average molecular weight is 482 g/mol. The molecule has 2 aromatic rings. The Bertz CT molecular complexity index is 1040. The van der Waals surface area contributed by atoms with Crippen LogP contribution in [0.2, 0.25) is 10.0 Å². The van der Waals surface area contributed by atoms with Crippen LogP contribution in [0.4, 0.5) is 14.5 Å². The molecule has 0 radical (unpaired) electrons. The van der Waals surface area contributed by atoms with Crippen molar-refractivity contribution in [3.63, 3.8) is 0 Å². The lowest BCUT2D eigenvalue weighted by atomic mass is 9.90. The third kappa shape index (κ3) is 6.06. The molecule has 9 heteroatoms. The molecular weight excluding hydrogens is 459 g/mol. The second-order valence-corrected chi connectivity index (χ2v) is 8.70. The molecule has 0 aromatic heterocycles. The molecule has 1 fully saturated rings. The van der Waals surface area contributed by atoms with Gasteiger partial charge in [-0.15, -0.1) is 0 Å². The first-order chi connectivity index (χ1) is 15.1. The van der Waals surface area contributed by atoms with E-state index in [1.807, 2.05) is 0 Å². The van der Waals surface area contributed by atoms with Crippen LogP contribution < -0.4 is 10.3 Å². The van der Waals surface area contributed by atoms with E-state index in [0.717, 1.165) is 6.07 Å². The van der Waals surface area contributed by atoms with Crippen LogP contribution in [0.25, 0.3) is 6.08 Å². The van der Waals surface area contributed by atoms with Crippen molar-refractivity contribution in [3.8, 4) is 0 Å². The van der Waals surface area contributed by atoms with Crippen LogP contribution in [0.5, 0.6) is 0 Å². The fourth-order valence-electron chi connectivity index (χ4n) is 3.66. The van der Waals surface area contributed by atoms with Gasteiger partial charge < -0.3 is 4.90 Å². The molecule has 0 saturated carbocycles. The molecule has 1 unspecified atom stereocenters. The van der Waals surface area contributed by atoms with Crippen LogP contribution in [-0.2, 0) is 16.0 Å². The van der Waals surface area contributed by atoms with E-state index in [1.165, 1.54) is 28.1 Å². The molecule has 0 bridgehead atoms. The van der Waals surface area contributed by atoms with E-state index in [4.69, 9.17) is 23.2 Å². The lowest BCUT2D eigenvalue weighted by molar-refractivity contribution is -0.120. The SMILES string of the molecule is CN(C)NC(=O)/C=C/c1cc(Cl)c(N2CC(Cc3ccc(F)cc3F)CCC2=O)c(Cl)c1. The second kappa shape index (κ2) is 10.4. The van der Waals surface area contributed by atoms with Gasteiger partial charge in [0.25, 0.3) is 5.91 Å². The van der Waals surface area contributed by atoms with E-state index < -0.39 is 11.6 Å². The monoisotopic (exact) mass is 481 g/mol. The molecule has 0 spiro atoms. The first-order valence-corrected chi connectivity index (χ1v) is 10.8. The van der Waals surface area contributed by atoms with E-state index >= 15 is 0 Å². The Morgan fingerprint density at radius 3 is 2.53 bits per heavy atom. The zero-order chi connectivity index (χ0) is 23.4. The van der Waals surface area contributed by atoms with Gasteiger partial charge in [-0.25, -0.2) is 13.8 Å². The summed E-state index contributed by atoms with van der Waals surface area (Å²) < 4.78 is 27.3. The molecule has 2 aromatic carbocycles. The van der Waals surface area contributed by atoms with E-state index in [0.29, 0.717) is 36.2 Å². The highest BCUT2D eigenvalue weighted by Crippen LogP contribution is 2.38. The van der Waals surface area contributed by atoms with Crippen LogP contribution in [0.15, 0.2) is 36.4 Å². The van der Waals surface area contributed by atoms with E-state index in [1.54, 1.807) is 32.3 Å². The predicted octanol–water partition coefficient (Wildman–Crippen LogP) is 4.86. The van der Waals surface area contributed by atoms with Crippen LogP contribution in [-0.4, -0.2) is 37.5 Å². The minimum atomic E-state index is -0.626. The normalized spacial score (nSPS) is 16.8. The summed E-state index contributed by atoms with van der Waals surface area (Å²) in [5.74, 6) is -1.70. The molecule has 1 aliphatic heterocycles. The number of hydrogen-bond acceptors (Lipinski definition) is 3. The van der Waals surface area contributed by atoms with Crippen LogP contribution in [0.3, 0.4) is 0 Å². The molecule has 5 nitrogen and oxygen atoms in total. The van der Waals surface area contributed by atoms with Gasteiger partial charge in [0.15, 0.2) is 0 Å². The average Bonchev–Trinajstić information content (AvgIpc) is 2.70. The van der Waals surface area contributed by atoms with Gasteiger partial charge in [-0.2, -0.15) is 0 Å². The van der Waals surface area contributed by atoms with Crippen molar-refractivity contribution in [1.29, 1.82) is 0 Å². The number of benzene rings is 2. The highest BCUT2D eigenvalue weighted by atomic mass is 35.5. The minimum absolute atomic E-state index is 0.0332. The third-order valence-electron chi connectivity index (χ3n) is 5.10. The zero-order valence-electron chi connectivity index (χ0n) is 17.7.